The Bertz CT molecular complexity index is 748. The number of aromatic nitrogens is 5. The molecule has 2 aromatic heterocycles. The number of hydrogen-bond donors (Lipinski definition) is 2. The zero-order valence-corrected chi connectivity index (χ0v) is 10.4. The van der Waals surface area contributed by atoms with Gasteiger partial charge >= 0.3 is 0 Å². The van der Waals surface area contributed by atoms with Crippen molar-refractivity contribution in [3.8, 4) is 17.2 Å². The standard InChI is InChI=1S/C13H11N7/c14-12(15)10-6-7-16-11(8-10)20-18-13(17-19-20)9-4-2-1-3-5-9/h1-8H,(H3,14,15). The summed E-state index contributed by atoms with van der Waals surface area (Å²) in [5.41, 5.74) is 6.89. The summed E-state index contributed by atoms with van der Waals surface area (Å²) in [4.78, 5) is 5.46. The average molecular weight is 265 g/mol. The van der Waals surface area contributed by atoms with Gasteiger partial charge in [0.1, 0.15) is 5.84 Å². The Balaban J connectivity index is 1.98. The Morgan fingerprint density at radius 1 is 1.15 bits per heavy atom. The molecule has 0 aliphatic carbocycles. The fraction of sp³-hybridized carbons (Fsp3) is 0. The molecule has 0 fully saturated rings. The van der Waals surface area contributed by atoms with Gasteiger partial charge in [0, 0.05) is 17.3 Å². The highest BCUT2D eigenvalue weighted by atomic mass is 15.6. The Morgan fingerprint density at radius 3 is 2.70 bits per heavy atom. The maximum absolute atomic E-state index is 7.42. The summed E-state index contributed by atoms with van der Waals surface area (Å²) < 4.78 is 0. The van der Waals surface area contributed by atoms with Gasteiger partial charge < -0.3 is 5.73 Å². The SMILES string of the molecule is N=C(N)c1ccnc(-n2nnc(-c3ccccc3)n2)c1. The summed E-state index contributed by atoms with van der Waals surface area (Å²) in [7, 11) is 0. The van der Waals surface area contributed by atoms with Gasteiger partial charge in [0.15, 0.2) is 5.82 Å². The average Bonchev–Trinajstić information content (AvgIpc) is 2.98. The fourth-order valence-electron chi connectivity index (χ4n) is 1.71. The molecule has 3 N–H and O–H groups in total. The molecule has 0 unspecified atom stereocenters. The lowest BCUT2D eigenvalue weighted by molar-refractivity contribution is 0.700. The first kappa shape index (κ1) is 12.0. The van der Waals surface area contributed by atoms with Crippen molar-refractivity contribution in [1.82, 2.24) is 25.2 Å². The number of hydrogen-bond acceptors (Lipinski definition) is 5. The Labute approximate surface area is 114 Å². The number of benzene rings is 1. The van der Waals surface area contributed by atoms with E-state index in [1.54, 1.807) is 18.3 Å². The number of nitrogens with one attached hydrogen (secondary N) is 1. The van der Waals surface area contributed by atoms with Crippen LogP contribution < -0.4 is 5.73 Å². The minimum atomic E-state index is -0.0305. The molecule has 0 saturated carbocycles. The molecular weight excluding hydrogens is 254 g/mol. The topological polar surface area (TPSA) is 106 Å². The second-order valence-electron chi connectivity index (χ2n) is 4.08. The molecule has 0 atom stereocenters. The van der Waals surface area contributed by atoms with E-state index >= 15 is 0 Å². The summed E-state index contributed by atoms with van der Waals surface area (Å²) in [6.45, 7) is 0. The Morgan fingerprint density at radius 2 is 1.95 bits per heavy atom. The molecule has 2 heterocycles. The number of pyridine rings is 1. The maximum atomic E-state index is 7.42. The fourth-order valence-corrected chi connectivity index (χ4v) is 1.71. The lowest BCUT2D eigenvalue weighted by Crippen LogP contribution is -2.12. The molecular formula is C13H11N7. The maximum Gasteiger partial charge on any atom is 0.205 e. The molecule has 0 aliphatic heterocycles. The van der Waals surface area contributed by atoms with E-state index in [0.717, 1.165) is 5.56 Å². The summed E-state index contributed by atoms with van der Waals surface area (Å²) in [5.74, 6) is 0.949. The van der Waals surface area contributed by atoms with Crippen LogP contribution in [0.3, 0.4) is 0 Å². The molecule has 98 valence electrons. The van der Waals surface area contributed by atoms with Crippen molar-refractivity contribution in [2.45, 2.75) is 0 Å². The first-order chi connectivity index (χ1) is 9.74. The lowest BCUT2D eigenvalue weighted by atomic mass is 10.2. The van der Waals surface area contributed by atoms with Gasteiger partial charge in [-0.25, -0.2) is 4.98 Å². The predicted octanol–water partition coefficient (Wildman–Crippen LogP) is 1.01. The van der Waals surface area contributed by atoms with Gasteiger partial charge in [0.25, 0.3) is 0 Å². The van der Waals surface area contributed by atoms with Crippen molar-refractivity contribution in [3.05, 3.63) is 54.2 Å². The minimum absolute atomic E-state index is 0.0305. The van der Waals surface area contributed by atoms with Gasteiger partial charge in [-0.1, -0.05) is 30.3 Å². The molecule has 0 radical (unpaired) electrons. The van der Waals surface area contributed by atoms with Gasteiger partial charge in [-0.15, -0.1) is 15.0 Å². The van der Waals surface area contributed by atoms with Crippen LogP contribution >= 0.6 is 0 Å². The number of tetrazole rings is 1. The third-order valence-corrected chi connectivity index (χ3v) is 2.71. The highest BCUT2D eigenvalue weighted by Crippen LogP contribution is 2.13. The van der Waals surface area contributed by atoms with Crippen molar-refractivity contribution in [3.63, 3.8) is 0 Å². The van der Waals surface area contributed by atoms with E-state index in [0.29, 0.717) is 17.2 Å². The molecule has 7 heteroatoms. The summed E-state index contributed by atoms with van der Waals surface area (Å²) >= 11 is 0. The zero-order valence-electron chi connectivity index (χ0n) is 10.4. The molecule has 0 aliphatic rings. The van der Waals surface area contributed by atoms with Gasteiger partial charge in [0.05, 0.1) is 0 Å². The smallest absolute Gasteiger partial charge is 0.205 e. The molecule has 0 bridgehead atoms. The monoisotopic (exact) mass is 265 g/mol. The number of nitrogens with two attached hydrogens (primary N) is 1. The third-order valence-electron chi connectivity index (χ3n) is 2.71. The van der Waals surface area contributed by atoms with Crippen LogP contribution in [0.5, 0.6) is 0 Å². The van der Waals surface area contributed by atoms with Crippen LogP contribution in [-0.4, -0.2) is 31.0 Å². The van der Waals surface area contributed by atoms with Crippen LogP contribution in [0.4, 0.5) is 0 Å². The molecule has 3 aromatic rings. The number of amidine groups is 1. The van der Waals surface area contributed by atoms with E-state index in [9.17, 15) is 0 Å². The second kappa shape index (κ2) is 4.88. The Kier molecular flexibility index (Phi) is 2.92. The molecule has 0 saturated heterocycles. The van der Waals surface area contributed by atoms with E-state index in [1.807, 2.05) is 30.3 Å². The predicted molar refractivity (Wildman–Crippen MR) is 73.4 cm³/mol. The number of rotatable bonds is 3. The molecule has 7 nitrogen and oxygen atoms in total. The molecule has 0 spiro atoms. The van der Waals surface area contributed by atoms with Crippen LogP contribution in [-0.2, 0) is 0 Å². The highest BCUT2D eigenvalue weighted by molar-refractivity contribution is 5.95. The molecule has 20 heavy (non-hydrogen) atoms. The van der Waals surface area contributed by atoms with Crippen LogP contribution in [0.2, 0.25) is 0 Å². The van der Waals surface area contributed by atoms with Crippen molar-refractivity contribution in [2.75, 3.05) is 0 Å². The van der Waals surface area contributed by atoms with Crippen molar-refractivity contribution in [1.29, 1.82) is 5.41 Å². The zero-order chi connectivity index (χ0) is 13.9. The Hall–Kier alpha value is -3.09. The van der Waals surface area contributed by atoms with Crippen molar-refractivity contribution in [2.24, 2.45) is 5.73 Å². The van der Waals surface area contributed by atoms with Crippen molar-refractivity contribution < 1.29 is 0 Å². The number of nitrogens with zero attached hydrogens (tertiary/aromatic N) is 5. The molecule has 0 amide bonds. The second-order valence-corrected chi connectivity index (χ2v) is 4.08. The largest absolute Gasteiger partial charge is 0.384 e. The van der Waals surface area contributed by atoms with Crippen LogP contribution in [0.25, 0.3) is 17.2 Å². The third kappa shape index (κ3) is 2.24. The lowest BCUT2D eigenvalue weighted by Gasteiger charge is -2.00. The van der Waals surface area contributed by atoms with Crippen LogP contribution in [0.15, 0.2) is 48.7 Å². The van der Waals surface area contributed by atoms with Gasteiger partial charge in [0.2, 0.25) is 5.82 Å². The summed E-state index contributed by atoms with van der Waals surface area (Å²) in [6, 6.07) is 12.8. The number of nitrogen functional groups attached to an aromatic ring is 1. The summed E-state index contributed by atoms with van der Waals surface area (Å²) in [5, 5.41) is 19.6. The van der Waals surface area contributed by atoms with Gasteiger partial charge in [-0.3, -0.25) is 5.41 Å². The molecule has 3 rings (SSSR count). The van der Waals surface area contributed by atoms with E-state index in [1.165, 1.54) is 4.80 Å². The van der Waals surface area contributed by atoms with E-state index in [-0.39, 0.29) is 5.84 Å². The highest BCUT2D eigenvalue weighted by Gasteiger charge is 2.08. The first-order valence-corrected chi connectivity index (χ1v) is 5.90. The normalized spacial score (nSPS) is 10.4. The van der Waals surface area contributed by atoms with Crippen LogP contribution in [0, 0.1) is 5.41 Å². The first-order valence-electron chi connectivity index (χ1n) is 5.90. The summed E-state index contributed by atoms with van der Waals surface area (Å²) in [6.07, 6.45) is 1.55. The molecule has 1 aromatic carbocycles. The van der Waals surface area contributed by atoms with E-state index in [2.05, 4.69) is 20.4 Å². The van der Waals surface area contributed by atoms with Gasteiger partial charge in [-0.05, 0) is 17.3 Å². The van der Waals surface area contributed by atoms with E-state index in [4.69, 9.17) is 11.1 Å². The van der Waals surface area contributed by atoms with Gasteiger partial charge in [-0.2, -0.15) is 0 Å². The quantitative estimate of drug-likeness (QED) is 0.543. The van der Waals surface area contributed by atoms with Crippen LogP contribution in [0.1, 0.15) is 5.56 Å². The van der Waals surface area contributed by atoms with E-state index < -0.39 is 0 Å². The van der Waals surface area contributed by atoms with Crippen molar-refractivity contribution >= 4 is 5.84 Å². The minimum Gasteiger partial charge on any atom is -0.384 e.